The number of benzene rings is 1. The average Bonchev–Trinajstić information content (AvgIpc) is 2.52. The maximum absolute atomic E-state index is 13.6. The van der Waals surface area contributed by atoms with Crippen molar-refractivity contribution in [3.05, 3.63) is 29.6 Å². The molecule has 1 aliphatic heterocycles. The van der Waals surface area contributed by atoms with Gasteiger partial charge in [-0.05, 0) is 39.0 Å². The lowest BCUT2D eigenvalue weighted by Gasteiger charge is -2.37. The molecule has 1 fully saturated rings. The van der Waals surface area contributed by atoms with Crippen molar-refractivity contribution >= 4 is 17.7 Å². The molecule has 1 aromatic carbocycles. The summed E-state index contributed by atoms with van der Waals surface area (Å²) in [7, 11) is 1.29. The van der Waals surface area contributed by atoms with Crippen molar-refractivity contribution in [2.45, 2.75) is 26.4 Å². The quantitative estimate of drug-likeness (QED) is 0.776. The third-order valence-electron chi connectivity index (χ3n) is 3.64. The Morgan fingerprint density at radius 3 is 2.29 bits per heavy atom. The first-order valence-corrected chi connectivity index (χ1v) is 7.82. The molecular formula is C17H23FN2O4. The standard InChI is InChI=1S/C17H23FN2O4/c1-17(2,3)24-16(22)20-9-7-19(8-10-20)14-11-12(18)5-6-13(14)15(21)23-4/h5-6,11H,7-10H2,1-4H3. The van der Waals surface area contributed by atoms with Crippen molar-refractivity contribution in [3.63, 3.8) is 0 Å². The zero-order chi connectivity index (χ0) is 17.9. The van der Waals surface area contributed by atoms with Crippen molar-refractivity contribution in [2.75, 3.05) is 38.2 Å². The van der Waals surface area contributed by atoms with Crippen molar-refractivity contribution < 1.29 is 23.5 Å². The molecule has 0 radical (unpaired) electrons. The van der Waals surface area contributed by atoms with Gasteiger partial charge in [0.15, 0.2) is 0 Å². The lowest BCUT2D eigenvalue weighted by molar-refractivity contribution is 0.0240. The van der Waals surface area contributed by atoms with Gasteiger partial charge in [-0.15, -0.1) is 0 Å². The largest absolute Gasteiger partial charge is 0.465 e. The summed E-state index contributed by atoms with van der Waals surface area (Å²) in [5.41, 5.74) is 0.241. The van der Waals surface area contributed by atoms with Crippen molar-refractivity contribution in [2.24, 2.45) is 0 Å². The molecule has 0 aromatic heterocycles. The van der Waals surface area contributed by atoms with Gasteiger partial charge in [0.25, 0.3) is 0 Å². The average molecular weight is 338 g/mol. The number of methoxy groups -OCH3 is 1. The van der Waals surface area contributed by atoms with Gasteiger partial charge in [0, 0.05) is 26.2 Å². The summed E-state index contributed by atoms with van der Waals surface area (Å²) in [6.45, 7) is 7.28. The fourth-order valence-electron chi connectivity index (χ4n) is 2.51. The fourth-order valence-corrected chi connectivity index (χ4v) is 2.51. The van der Waals surface area contributed by atoms with Crippen molar-refractivity contribution in [3.8, 4) is 0 Å². The molecule has 1 aliphatic rings. The van der Waals surface area contributed by atoms with Crippen LogP contribution in [0.3, 0.4) is 0 Å². The first kappa shape index (κ1) is 18.0. The van der Waals surface area contributed by atoms with E-state index in [9.17, 15) is 14.0 Å². The van der Waals surface area contributed by atoms with E-state index < -0.39 is 17.4 Å². The first-order valence-electron chi connectivity index (χ1n) is 7.82. The minimum atomic E-state index is -0.547. The van der Waals surface area contributed by atoms with E-state index in [-0.39, 0.29) is 6.09 Å². The monoisotopic (exact) mass is 338 g/mol. The Morgan fingerprint density at radius 1 is 1.12 bits per heavy atom. The molecule has 0 saturated carbocycles. The van der Waals surface area contributed by atoms with Crippen molar-refractivity contribution in [1.82, 2.24) is 4.90 Å². The van der Waals surface area contributed by atoms with E-state index >= 15 is 0 Å². The van der Waals surface area contributed by atoms with Crippen LogP contribution in [-0.4, -0.2) is 55.9 Å². The number of piperazine rings is 1. The minimum absolute atomic E-state index is 0.310. The molecule has 0 spiro atoms. The molecule has 132 valence electrons. The van der Waals surface area contributed by atoms with Gasteiger partial charge in [-0.25, -0.2) is 14.0 Å². The Hall–Kier alpha value is -2.31. The summed E-state index contributed by atoms with van der Waals surface area (Å²) < 4.78 is 23.7. The molecule has 1 amide bonds. The lowest BCUT2D eigenvalue weighted by atomic mass is 10.1. The van der Waals surface area contributed by atoms with Crippen LogP contribution in [0.1, 0.15) is 31.1 Å². The highest BCUT2D eigenvalue weighted by atomic mass is 19.1. The SMILES string of the molecule is COC(=O)c1ccc(F)cc1N1CCN(C(=O)OC(C)(C)C)CC1. The number of carbonyl (C=O) groups excluding carboxylic acids is 2. The van der Waals surface area contributed by atoms with Gasteiger partial charge in [-0.1, -0.05) is 0 Å². The van der Waals surface area contributed by atoms with Crippen LogP contribution >= 0.6 is 0 Å². The number of esters is 1. The lowest BCUT2D eigenvalue weighted by Crippen LogP contribution is -2.50. The molecule has 1 aromatic rings. The second kappa shape index (κ2) is 7.07. The highest BCUT2D eigenvalue weighted by Gasteiger charge is 2.27. The number of hydrogen-bond donors (Lipinski definition) is 0. The Labute approximate surface area is 141 Å². The summed E-state index contributed by atoms with van der Waals surface area (Å²) in [4.78, 5) is 27.4. The van der Waals surface area contributed by atoms with Crippen LogP contribution in [0.15, 0.2) is 18.2 Å². The Bertz CT molecular complexity index is 620. The van der Waals surface area contributed by atoms with Crippen LogP contribution in [0.5, 0.6) is 0 Å². The van der Waals surface area contributed by atoms with Gasteiger partial charge in [-0.3, -0.25) is 0 Å². The second-order valence-corrected chi connectivity index (χ2v) is 6.61. The molecule has 0 bridgehead atoms. The number of carbonyl (C=O) groups is 2. The fraction of sp³-hybridized carbons (Fsp3) is 0.529. The summed E-state index contributed by atoms with van der Waals surface area (Å²) in [6.07, 6.45) is -0.366. The van der Waals surface area contributed by atoms with Crippen LogP contribution in [0, 0.1) is 5.82 Å². The highest BCUT2D eigenvalue weighted by Crippen LogP contribution is 2.24. The number of hydrogen-bond acceptors (Lipinski definition) is 5. The van der Waals surface area contributed by atoms with Crippen LogP contribution in [0.25, 0.3) is 0 Å². The van der Waals surface area contributed by atoms with Gasteiger partial charge in [-0.2, -0.15) is 0 Å². The normalized spacial score (nSPS) is 15.2. The molecule has 7 heteroatoms. The number of rotatable bonds is 2. The number of halogens is 1. The predicted octanol–water partition coefficient (Wildman–Crippen LogP) is 2.67. The molecule has 0 N–H and O–H groups in total. The molecule has 0 atom stereocenters. The van der Waals surface area contributed by atoms with E-state index in [0.717, 1.165) is 0 Å². The zero-order valence-corrected chi connectivity index (χ0v) is 14.5. The summed E-state index contributed by atoms with van der Waals surface area (Å²) in [5.74, 6) is -0.938. The molecule has 0 aliphatic carbocycles. The van der Waals surface area contributed by atoms with E-state index in [1.54, 1.807) is 4.90 Å². The molecule has 2 rings (SSSR count). The Balaban J connectivity index is 2.08. The van der Waals surface area contributed by atoms with Gasteiger partial charge in [0.1, 0.15) is 11.4 Å². The number of nitrogens with zero attached hydrogens (tertiary/aromatic N) is 2. The van der Waals surface area contributed by atoms with E-state index in [0.29, 0.717) is 37.4 Å². The smallest absolute Gasteiger partial charge is 0.410 e. The maximum Gasteiger partial charge on any atom is 0.410 e. The molecule has 24 heavy (non-hydrogen) atoms. The Morgan fingerprint density at radius 2 is 1.75 bits per heavy atom. The number of ether oxygens (including phenoxy) is 2. The van der Waals surface area contributed by atoms with Gasteiger partial charge in [0.2, 0.25) is 0 Å². The zero-order valence-electron chi connectivity index (χ0n) is 14.5. The van der Waals surface area contributed by atoms with Crippen LogP contribution in [-0.2, 0) is 9.47 Å². The van der Waals surface area contributed by atoms with Crippen molar-refractivity contribution in [1.29, 1.82) is 0 Å². The van der Waals surface area contributed by atoms with Gasteiger partial charge < -0.3 is 19.3 Å². The topological polar surface area (TPSA) is 59.1 Å². The number of anilines is 1. The maximum atomic E-state index is 13.6. The van der Waals surface area contributed by atoms with Gasteiger partial charge >= 0.3 is 12.1 Å². The Kier molecular flexibility index (Phi) is 5.31. The van der Waals surface area contributed by atoms with E-state index in [1.165, 1.54) is 25.3 Å². The molecule has 6 nitrogen and oxygen atoms in total. The summed E-state index contributed by atoms with van der Waals surface area (Å²) >= 11 is 0. The number of amides is 1. The van der Waals surface area contributed by atoms with Gasteiger partial charge in [0.05, 0.1) is 18.4 Å². The summed E-state index contributed by atoms with van der Waals surface area (Å²) in [5, 5.41) is 0. The van der Waals surface area contributed by atoms with E-state index in [1.807, 2.05) is 25.7 Å². The molecule has 1 heterocycles. The van der Waals surface area contributed by atoms with Crippen LogP contribution in [0.2, 0.25) is 0 Å². The van der Waals surface area contributed by atoms with Crippen LogP contribution < -0.4 is 4.90 Å². The minimum Gasteiger partial charge on any atom is -0.465 e. The highest BCUT2D eigenvalue weighted by molar-refractivity contribution is 5.95. The predicted molar refractivity (Wildman–Crippen MR) is 87.8 cm³/mol. The third kappa shape index (κ3) is 4.37. The first-order chi connectivity index (χ1) is 11.2. The second-order valence-electron chi connectivity index (χ2n) is 6.61. The third-order valence-corrected chi connectivity index (χ3v) is 3.64. The molecular weight excluding hydrogens is 315 g/mol. The van der Waals surface area contributed by atoms with E-state index in [4.69, 9.17) is 9.47 Å². The van der Waals surface area contributed by atoms with E-state index in [2.05, 4.69) is 0 Å². The van der Waals surface area contributed by atoms with Crippen LogP contribution in [0.4, 0.5) is 14.9 Å². The molecule has 1 saturated heterocycles. The summed E-state index contributed by atoms with van der Waals surface area (Å²) in [6, 6.07) is 3.96. The molecule has 0 unspecified atom stereocenters.